The number of carbonyl (C=O) groups excluding carboxylic acids is 1. The van der Waals surface area contributed by atoms with Gasteiger partial charge in [0.15, 0.2) is 11.5 Å². The van der Waals surface area contributed by atoms with E-state index in [0.29, 0.717) is 36.6 Å². The molecule has 0 radical (unpaired) electrons. The van der Waals surface area contributed by atoms with E-state index in [4.69, 9.17) is 9.72 Å². The summed E-state index contributed by atoms with van der Waals surface area (Å²) in [6.07, 6.45) is 5.79. The van der Waals surface area contributed by atoms with E-state index in [0.717, 1.165) is 74.6 Å². The highest BCUT2D eigenvalue weighted by Gasteiger charge is 2.23. The molecule has 5 rings (SSSR count). The number of nitrogens with one attached hydrogen (secondary N) is 5. The number of benzene rings is 1. The Balaban J connectivity index is 1.23. The Labute approximate surface area is 217 Å². The van der Waals surface area contributed by atoms with Crippen LogP contribution in [0.2, 0.25) is 0 Å². The molecule has 1 saturated carbocycles. The Kier molecular flexibility index (Phi) is 7.88. The van der Waals surface area contributed by atoms with Crippen molar-refractivity contribution in [3.05, 3.63) is 30.1 Å². The molecule has 1 saturated heterocycles. The van der Waals surface area contributed by atoms with Crippen LogP contribution in [0.3, 0.4) is 0 Å². The topological polar surface area (TPSA) is 132 Å². The second-order valence-electron chi connectivity index (χ2n) is 9.82. The van der Waals surface area contributed by atoms with Crippen molar-refractivity contribution in [3.63, 3.8) is 0 Å². The SMILES string of the molecule is CCNC(=O)NCC1CCC(Nc2nc(Nc3ccc(N4CCOCC4)cc3C)nc3[nH]cnc23)CC1. The first-order chi connectivity index (χ1) is 18.1. The van der Waals surface area contributed by atoms with Crippen molar-refractivity contribution in [2.45, 2.75) is 45.6 Å². The number of hydrogen-bond acceptors (Lipinski definition) is 8. The molecule has 11 nitrogen and oxygen atoms in total. The van der Waals surface area contributed by atoms with Crippen molar-refractivity contribution in [2.75, 3.05) is 54.9 Å². The van der Waals surface area contributed by atoms with E-state index in [2.05, 4.69) is 66.2 Å². The van der Waals surface area contributed by atoms with E-state index >= 15 is 0 Å². The Morgan fingerprint density at radius 2 is 1.95 bits per heavy atom. The van der Waals surface area contributed by atoms with Gasteiger partial charge in [-0.15, -0.1) is 0 Å². The summed E-state index contributed by atoms with van der Waals surface area (Å²) in [6, 6.07) is 6.63. The van der Waals surface area contributed by atoms with Gasteiger partial charge in [-0.05, 0) is 69.2 Å². The second kappa shape index (κ2) is 11.6. The predicted octanol–water partition coefficient (Wildman–Crippen LogP) is 3.53. The average molecular weight is 508 g/mol. The Morgan fingerprint density at radius 1 is 1.14 bits per heavy atom. The predicted molar refractivity (Wildman–Crippen MR) is 146 cm³/mol. The van der Waals surface area contributed by atoms with Gasteiger partial charge in [0.1, 0.15) is 5.52 Å². The third kappa shape index (κ3) is 6.22. The van der Waals surface area contributed by atoms with Crippen LogP contribution < -0.4 is 26.2 Å². The number of rotatable bonds is 8. The van der Waals surface area contributed by atoms with Gasteiger partial charge in [-0.2, -0.15) is 9.97 Å². The number of fused-ring (bicyclic) bond motifs is 1. The van der Waals surface area contributed by atoms with Crippen LogP contribution in [0, 0.1) is 12.8 Å². The van der Waals surface area contributed by atoms with Crippen LogP contribution in [-0.2, 0) is 4.74 Å². The lowest BCUT2D eigenvalue weighted by Gasteiger charge is -2.29. The van der Waals surface area contributed by atoms with Crippen LogP contribution >= 0.6 is 0 Å². The standard InChI is InChI=1S/C26H37N9O2/c1-3-27-26(36)28-15-18-4-6-19(7-5-18)31-24-22-23(30-16-29-22)33-25(34-24)32-21-9-8-20(14-17(21)2)35-10-12-37-13-11-35/h8-9,14,16,18-19H,3-7,10-13,15H2,1-2H3,(H2,27,28,36)(H3,29,30,31,32,33,34). The quantitative estimate of drug-likeness (QED) is 0.313. The Hall–Kier alpha value is -3.60. The lowest BCUT2D eigenvalue weighted by Crippen LogP contribution is -2.39. The van der Waals surface area contributed by atoms with Gasteiger partial charge >= 0.3 is 6.03 Å². The van der Waals surface area contributed by atoms with Gasteiger partial charge < -0.3 is 35.9 Å². The third-order valence-electron chi connectivity index (χ3n) is 7.19. The number of ether oxygens (including phenoxy) is 1. The summed E-state index contributed by atoms with van der Waals surface area (Å²) < 4.78 is 5.48. The zero-order chi connectivity index (χ0) is 25.6. The molecule has 3 aromatic rings. The number of nitrogens with zero attached hydrogens (tertiary/aromatic N) is 4. The van der Waals surface area contributed by atoms with Gasteiger partial charge in [0.2, 0.25) is 5.95 Å². The summed E-state index contributed by atoms with van der Waals surface area (Å²) in [5, 5.41) is 12.8. The molecule has 5 N–H and O–H groups in total. The highest BCUT2D eigenvalue weighted by molar-refractivity contribution is 5.84. The summed E-state index contributed by atoms with van der Waals surface area (Å²) in [6.45, 7) is 8.72. The number of hydrogen-bond donors (Lipinski definition) is 5. The van der Waals surface area contributed by atoms with Gasteiger partial charge in [0.25, 0.3) is 0 Å². The summed E-state index contributed by atoms with van der Waals surface area (Å²) in [7, 11) is 0. The number of imidazole rings is 1. The molecule has 2 aromatic heterocycles. The smallest absolute Gasteiger partial charge is 0.314 e. The highest BCUT2D eigenvalue weighted by Crippen LogP contribution is 2.30. The van der Waals surface area contributed by atoms with Crippen LogP contribution in [-0.4, -0.2) is 71.4 Å². The van der Waals surface area contributed by atoms with E-state index in [1.807, 2.05) is 6.92 Å². The van der Waals surface area contributed by atoms with E-state index in [1.165, 1.54) is 5.69 Å². The molecule has 0 atom stereocenters. The van der Waals surface area contributed by atoms with Crippen molar-refractivity contribution < 1.29 is 9.53 Å². The molecule has 1 aromatic carbocycles. The van der Waals surface area contributed by atoms with E-state index < -0.39 is 0 Å². The number of aromatic nitrogens is 4. The van der Waals surface area contributed by atoms with Gasteiger partial charge in [-0.3, -0.25) is 0 Å². The van der Waals surface area contributed by atoms with Gasteiger partial charge in [0, 0.05) is 43.6 Å². The second-order valence-corrected chi connectivity index (χ2v) is 9.82. The average Bonchev–Trinajstić information content (AvgIpc) is 3.39. The summed E-state index contributed by atoms with van der Waals surface area (Å²) in [4.78, 5) is 31.1. The minimum Gasteiger partial charge on any atom is -0.378 e. The monoisotopic (exact) mass is 507 g/mol. The molecule has 11 heteroatoms. The number of aryl methyl sites for hydroxylation is 1. The van der Waals surface area contributed by atoms with E-state index in [1.54, 1.807) is 6.33 Å². The molecule has 37 heavy (non-hydrogen) atoms. The van der Waals surface area contributed by atoms with Crippen LogP contribution in [0.5, 0.6) is 0 Å². The number of H-pyrrole nitrogens is 1. The molecule has 0 bridgehead atoms. The van der Waals surface area contributed by atoms with Crippen molar-refractivity contribution in [1.82, 2.24) is 30.6 Å². The molecule has 198 valence electrons. The Morgan fingerprint density at radius 3 is 2.70 bits per heavy atom. The molecule has 0 unspecified atom stereocenters. The molecule has 0 spiro atoms. The minimum atomic E-state index is -0.0874. The largest absolute Gasteiger partial charge is 0.378 e. The van der Waals surface area contributed by atoms with E-state index in [-0.39, 0.29) is 6.03 Å². The van der Waals surface area contributed by atoms with E-state index in [9.17, 15) is 4.79 Å². The molecular formula is C26H37N9O2. The molecule has 3 heterocycles. The molecular weight excluding hydrogens is 470 g/mol. The van der Waals surface area contributed by atoms with Crippen molar-refractivity contribution in [2.24, 2.45) is 5.92 Å². The van der Waals surface area contributed by atoms with Gasteiger partial charge in [0.05, 0.1) is 19.5 Å². The molecule has 2 aliphatic rings. The number of amides is 2. The maximum Gasteiger partial charge on any atom is 0.314 e. The zero-order valence-corrected chi connectivity index (χ0v) is 21.6. The lowest BCUT2D eigenvalue weighted by atomic mass is 9.86. The van der Waals surface area contributed by atoms with Crippen molar-refractivity contribution in [3.8, 4) is 0 Å². The number of morpholine rings is 1. The number of anilines is 4. The third-order valence-corrected chi connectivity index (χ3v) is 7.19. The fourth-order valence-corrected chi connectivity index (χ4v) is 5.08. The van der Waals surface area contributed by atoms with Crippen molar-refractivity contribution in [1.29, 1.82) is 0 Å². The van der Waals surface area contributed by atoms with Crippen LogP contribution in [0.1, 0.15) is 38.2 Å². The first kappa shape index (κ1) is 25.1. The van der Waals surface area contributed by atoms with Crippen LogP contribution in [0.15, 0.2) is 24.5 Å². The maximum absolute atomic E-state index is 11.7. The normalized spacial score (nSPS) is 20.0. The number of aromatic amines is 1. The lowest BCUT2D eigenvalue weighted by molar-refractivity contribution is 0.122. The zero-order valence-electron chi connectivity index (χ0n) is 21.6. The summed E-state index contributed by atoms with van der Waals surface area (Å²) in [5.41, 5.74) is 4.75. The fourth-order valence-electron chi connectivity index (χ4n) is 5.08. The summed E-state index contributed by atoms with van der Waals surface area (Å²) >= 11 is 0. The van der Waals surface area contributed by atoms with Gasteiger partial charge in [-0.25, -0.2) is 9.78 Å². The maximum atomic E-state index is 11.7. The number of urea groups is 1. The molecule has 1 aliphatic carbocycles. The summed E-state index contributed by atoms with van der Waals surface area (Å²) in [5.74, 6) is 1.76. The number of carbonyl (C=O) groups is 1. The first-order valence-corrected chi connectivity index (χ1v) is 13.3. The fraction of sp³-hybridized carbons (Fsp3) is 0.538. The Bertz CT molecular complexity index is 1200. The van der Waals surface area contributed by atoms with Crippen LogP contribution in [0.4, 0.5) is 27.9 Å². The minimum absolute atomic E-state index is 0.0874. The molecule has 1 aliphatic heterocycles. The van der Waals surface area contributed by atoms with Crippen molar-refractivity contribution >= 4 is 40.3 Å². The van der Waals surface area contributed by atoms with Gasteiger partial charge in [-0.1, -0.05) is 0 Å². The molecule has 2 amide bonds. The highest BCUT2D eigenvalue weighted by atomic mass is 16.5. The van der Waals surface area contributed by atoms with Crippen LogP contribution in [0.25, 0.3) is 11.2 Å². The molecule has 2 fully saturated rings. The first-order valence-electron chi connectivity index (χ1n) is 13.3.